The number of aryl methyl sites for hydroxylation is 1. The first kappa shape index (κ1) is 17.1. The number of anilines is 1. The Morgan fingerprint density at radius 2 is 1.50 bits per heavy atom. The van der Waals surface area contributed by atoms with Gasteiger partial charge in [0.1, 0.15) is 0 Å². The Bertz CT molecular complexity index is 944. The number of nitrogens with zero attached hydrogens (tertiary/aromatic N) is 1. The van der Waals surface area contributed by atoms with E-state index in [1.165, 1.54) is 16.7 Å². The molecule has 0 fully saturated rings. The molecule has 1 unspecified atom stereocenters. The smallest absolute Gasteiger partial charge is 0.150 e. The fourth-order valence-corrected chi connectivity index (χ4v) is 5.12. The lowest BCUT2D eigenvalue weighted by Gasteiger charge is -2.18. The second-order valence-electron chi connectivity index (χ2n) is 6.24. The molecule has 1 N–H and O–H groups in total. The number of hydrogen-bond acceptors (Lipinski definition) is 3. The van der Waals surface area contributed by atoms with Gasteiger partial charge in [0, 0.05) is 5.69 Å². The fourth-order valence-electron chi connectivity index (χ4n) is 3.01. The summed E-state index contributed by atoms with van der Waals surface area (Å²) in [5.74, 6) is 0. The summed E-state index contributed by atoms with van der Waals surface area (Å²) in [5, 5.41) is 1.04. The zero-order chi connectivity index (χ0) is 17.6. The zero-order valence-corrected chi connectivity index (χ0v) is 16.5. The molecule has 3 rings (SSSR count). The molecule has 0 bridgehead atoms. The molecule has 0 spiro atoms. The Labute approximate surface area is 149 Å². The highest BCUT2D eigenvalue weighted by Crippen LogP contribution is 2.30. The number of benzene rings is 2. The van der Waals surface area contributed by atoms with E-state index in [4.69, 9.17) is 0 Å². The third-order valence-corrected chi connectivity index (χ3v) is 7.18. The normalized spacial score (nSPS) is 12.6. The second kappa shape index (κ2) is 6.30. The lowest BCUT2D eigenvalue weighted by molar-refractivity contribution is 0.685. The molecule has 2 aromatic carbocycles. The van der Waals surface area contributed by atoms with E-state index < -0.39 is 11.0 Å². The molecule has 0 saturated carbocycles. The lowest BCUT2D eigenvalue weighted by Crippen LogP contribution is -2.11. The van der Waals surface area contributed by atoms with E-state index in [0.29, 0.717) is 0 Å². The molecule has 1 atom stereocenters. The summed E-state index contributed by atoms with van der Waals surface area (Å²) in [7, 11) is -1.30. The van der Waals surface area contributed by atoms with Crippen molar-refractivity contribution >= 4 is 38.2 Å². The van der Waals surface area contributed by atoms with Crippen LogP contribution in [0.1, 0.15) is 32.8 Å². The summed E-state index contributed by atoms with van der Waals surface area (Å²) in [4.78, 5) is 5.40. The highest BCUT2D eigenvalue weighted by atomic mass is 32.2. The Kier molecular flexibility index (Phi) is 4.49. The topological polar surface area (TPSA) is 42.0 Å². The minimum Gasteiger partial charge on any atom is -0.301 e. The molecule has 0 aliphatic rings. The third kappa shape index (κ3) is 2.87. The largest absolute Gasteiger partial charge is 0.301 e. The highest BCUT2D eigenvalue weighted by molar-refractivity contribution is 7.86. The molecule has 1 aromatic heterocycles. The van der Waals surface area contributed by atoms with E-state index in [9.17, 15) is 4.21 Å². The summed E-state index contributed by atoms with van der Waals surface area (Å²) in [6.07, 6.45) is 0. The van der Waals surface area contributed by atoms with Gasteiger partial charge in [-0.05, 0) is 87.6 Å². The van der Waals surface area contributed by atoms with Crippen LogP contribution >= 0.6 is 11.3 Å². The van der Waals surface area contributed by atoms with Crippen LogP contribution in [0, 0.1) is 41.5 Å². The second-order valence-corrected chi connectivity index (χ2v) is 8.62. The Morgan fingerprint density at radius 1 is 0.917 bits per heavy atom. The standard InChI is InChI=1S/C19H22N2OS2/c1-10-11(2)13(4)19(14(5)12(10)3)24(22)21-16-7-8-18-17(9-16)20-15(6)23-18/h7-9,21H,1-6H3. The summed E-state index contributed by atoms with van der Waals surface area (Å²) < 4.78 is 17.3. The molecule has 3 aromatic rings. The molecule has 5 heteroatoms. The van der Waals surface area contributed by atoms with Crippen molar-refractivity contribution in [2.75, 3.05) is 4.72 Å². The molecule has 24 heavy (non-hydrogen) atoms. The van der Waals surface area contributed by atoms with E-state index >= 15 is 0 Å². The van der Waals surface area contributed by atoms with Gasteiger partial charge in [-0.3, -0.25) is 0 Å². The predicted molar refractivity (Wildman–Crippen MR) is 105 cm³/mol. The van der Waals surface area contributed by atoms with E-state index in [-0.39, 0.29) is 0 Å². The maximum Gasteiger partial charge on any atom is 0.150 e. The summed E-state index contributed by atoms with van der Waals surface area (Å²) in [6.45, 7) is 12.4. The Hall–Kier alpha value is -1.72. The van der Waals surface area contributed by atoms with Gasteiger partial charge in [-0.1, -0.05) is 0 Å². The summed E-state index contributed by atoms with van der Waals surface area (Å²) >= 11 is 1.67. The molecular formula is C19H22N2OS2. The quantitative estimate of drug-likeness (QED) is 0.692. The van der Waals surface area contributed by atoms with Gasteiger partial charge in [-0.25, -0.2) is 9.19 Å². The van der Waals surface area contributed by atoms with Crippen molar-refractivity contribution in [3.63, 3.8) is 0 Å². The first-order valence-corrected chi connectivity index (χ1v) is 9.88. The van der Waals surface area contributed by atoms with Crippen LogP contribution in [0.3, 0.4) is 0 Å². The van der Waals surface area contributed by atoms with Crippen molar-refractivity contribution in [1.29, 1.82) is 0 Å². The average molecular weight is 359 g/mol. The molecule has 0 aliphatic carbocycles. The monoisotopic (exact) mass is 358 g/mol. The first-order valence-electron chi connectivity index (χ1n) is 7.92. The van der Waals surface area contributed by atoms with Crippen LogP contribution in [0.5, 0.6) is 0 Å². The first-order chi connectivity index (χ1) is 11.3. The van der Waals surface area contributed by atoms with Crippen LogP contribution in [0.25, 0.3) is 10.2 Å². The van der Waals surface area contributed by atoms with Crippen molar-refractivity contribution in [3.8, 4) is 0 Å². The van der Waals surface area contributed by atoms with E-state index in [1.54, 1.807) is 11.3 Å². The van der Waals surface area contributed by atoms with Crippen LogP contribution in [0.4, 0.5) is 5.69 Å². The molecule has 0 amide bonds. The van der Waals surface area contributed by atoms with Crippen molar-refractivity contribution < 1.29 is 4.21 Å². The zero-order valence-electron chi connectivity index (χ0n) is 14.9. The van der Waals surface area contributed by atoms with Crippen LogP contribution in [-0.2, 0) is 11.0 Å². The molecule has 126 valence electrons. The van der Waals surface area contributed by atoms with Crippen molar-refractivity contribution in [2.45, 2.75) is 46.4 Å². The highest BCUT2D eigenvalue weighted by Gasteiger charge is 2.17. The predicted octanol–water partition coefficient (Wildman–Crippen LogP) is 5.28. The fraction of sp³-hybridized carbons (Fsp3) is 0.316. The number of nitrogens with one attached hydrogen (secondary N) is 1. The van der Waals surface area contributed by atoms with Crippen LogP contribution < -0.4 is 4.72 Å². The van der Waals surface area contributed by atoms with Gasteiger partial charge in [0.05, 0.1) is 20.1 Å². The maximum atomic E-state index is 13.0. The van der Waals surface area contributed by atoms with Crippen LogP contribution in [0.15, 0.2) is 23.1 Å². The minimum absolute atomic E-state index is 0.834. The Balaban J connectivity index is 2.00. The number of thiazole rings is 1. The van der Waals surface area contributed by atoms with Gasteiger partial charge in [-0.15, -0.1) is 11.3 Å². The van der Waals surface area contributed by atoms with Crippen LogP contribution in [-0.4, -0.2) is 9.19 Å². The van der Waals surface area contributed by atoms with Crippen molar-refractivity contribution in [3.05, 3.63) is 51.0 Å². The van der Waals surface area contributed by atoms with Gasteiger partial charge in [0.25, 0.3) is 0 Å². The maximum absolute atomic E-state index is 13.0. The van der Waals surface area contributed by atoms with Gasteiger partial charge < -0.3 is 4.72 Å². The van der Waals surface area contributed by atoms with E-state index in [0.717, 1.165) is 36.9 Å². The number of fused-ring (bicyclic) bond motifs is 1. The van der Waals surface area contributed by atoms with Gasteiger partial charge in [0.15, 0.2) is 11.0 Å². The Morgan fingerprint density at radius 3 is 2.12 bits per heavy atom. The van der Waals surface area contributed by atoms with Gasteiger partial charge >= 0.3 is 0 Å². The number of hydrogen-bond donors (Lipinski definition) is 1. The molecular weight excluding hydrogens is 336 g/mol. The van der Waals surface area contributed by atoms with E-state index in [1.807, 2.05) is 25.1 Å². The minimum atomic E-state index is -1.30. The number of rotatable bonds is 3. The third-order valence-electron chi connectivity index (χ3n) is 4.82. The van der Waals surface area contributed by atoms with Crippen molar-refractivity contribution in [2.24, 2.45) is 0 Å². The molecule has 3 nitrogen and oxygen atoms in total. The molecule has 0 aliphatic heterocycles. The van der Waals surface area contributed by atoms with Gasteiger partial charge in [-0.2, -0.15) is 0 Å². The molecule has 1 heterocycles. The number of aromatic nitrogens is 1. The molecule has 0 saturated heterocycles. The van der Waals surface area contributed by atoms with Gasteiger partial charge in [0.2, 0.25) is 0 Å². The molecule has 0 radical (unpaired) electrons. The summed E-state index contributed by atoms with van der Waals surface area (Å²) in [6, 6.07) is 5.97. The lowest BCUT2D eigenvalue weighted by atomic mass is 9.95. The SMILES string of the molecule is Cc1nc2cc(NS(=O)c3c(C)c(C)c(C)c(C)c3C)ccc2s1. The summed E-state index contributed by atoms with van der Waals surface area (Å²) in [5.41, 5.74) is 7.71. The van der Waals surface area contributed by atoms with Crippen molar-refractivity contribution in [1.82, 2.24) is 4.98 Å². The average Bonchev–Trinajstić information content (AvgIpc) is 2.90. The van der Waals surface area contributed by atoms with E-state index in [2.05, 4.69) is 44.3 Å². The van der Waals surface area contributed by atoms with Crippen LogP contribution in [0.2, 0.25) is 0 Å².